The van der Waals surface area contributed by atoms with E-state index in [4.69, 9.17) is 0 Å². The highest BCUT2D eigenvalue weighted by atomic mass is 19.3. The van der Waals surface area contributed by atoms with E-state index < -0.39 is 12.5 Å². The largest absolute Gasteiger partial charge is 0.453 e. The van der Waals surface area contributed by atoms with Crippen molar-refractivity contribution in [2.24, 2.45) is 11.3 Å². The molecule has 1 aromatic carbocycles. The van der Waals surface area contributed by atoms with Gasteiger partial charge in [-0.2, -0.15) is 10.1 Å². The van der Waals surface area contributed by atoms with Crippen LogP contribution in [0.25, 0.3) is 11.0 Å². The van der Waals surface area contributed by atoms with Crippen molar-refractivity contribution < 1.29 is 23.4 Å². The first-order valence-electron chi connectivity index (χ1n) is 11.2. The molecule has 180 valence electrons. The van der Waals surface area contributed by atoms with Crippen molar-refractivity contribution in [3.63, 3.8) is 0 Å². The third kappa shape index (κ3) is 4.39. The number of aromatic nitrogens is 4. The Labute approximate surface area is 194 Å². The van der Waals surface area contributed by atoms with Gasteiger partial charge in [0.1, 0.15) is 11.0 Å². The number of hydrogen-bond donors (Lipinski definition) is 3. The third-order valence-corrected chi connectivity index (χ3v) is 6.79. The monoisotopic (exact) mass is 472 g/mol. The van der Waals surface area contributed by atoms with Crippen molar-refractivity contribution in [1.82, 2.24) is 19.7 Å². The number of nitrogens with one attached hydrogen (secondary N) is 2. The van der Waals surface area contributed by atoms with Crippen LogP contribution in [0.15, 0.2) is 24.4 Å². The lowest BCUT2D eigenvalue weighted by Gasteiger charge is -2.36. The minimum absolute atomic E-state index is 0.0641. The summed E-state index contributed by atoms with van der Waals surface area (Å²) >= 11 is 0. The highest BCUT2D eigenvalue weighted by Crippen LogP contribution is 2.63. The Morgan fingerprint density at radius 2 is 2.12 bits per heavy atom. The van der Waals surface area contributed by atoms with E-state index in [2.05, 4.69) is 30.4 Å². The van der Waals surface area contributed by atoms with Gasteiger partial charge in [0.05, 0.1) is 26.5 Å². The number of rotatable bonds is 8. The van der Waals surface area contributed by atoms with Crippen molar-refractivity contribution in [3.8, 4) is 0 Å². The molecule has 2 aliphatic rings. The summed E-state index contributed by atoms with van der Waals surface area (Å²) in [5.74, 6) is 1.07. The maximum Gasteiger partial charge on any atom is 0.413 e. The molecule has 2 fully saturated rings. The molecule has 0 unspecified atom stereocenters. The van der Waals surface area contributed by atoms with Crippen LogP contribution in [0, 0.1) is 11.3 Å². The number of aliphatic hydroxyl groups is 1. The Bertz CT molecular complexity index is 1220. The number of fused-ring (bicyclic) bond motifs is 1. The number of hydrogen-bond acceptors (Lipinski definition) is 7. The summed E-state index contributed by atoms with van der Waals surface area (Å²) in [5.41, 5.74) is 2.24. The van der Waals surface area contributed by atoms with Crippen LogP contribution in [-0.2, 0) is 17.9 Å². The summed E-state index contributed by atoms with van der Waals surface area (Å²) in [5, 5.41) is 19.5. The van der Waals surface area contributed by atoms with Crippen LogP contribution in [0.4, 0.5) is 25.3 Å². The Balaban J connectivity index is 1.46. The quantitative estimate of drug-likeness (QED) is 0.453. The van der Waals surface area contributed by atoms with Crippen molar-refractivity contribution >= 4 is 28.9 Å². The summed E-state index contributed by atoms with van der Waals surface area (Å²) in [6.07, 6.45) is 3.12. The first kappa shape index (κ1) is 22.5. The number of halogens is 2. The van der Waals surface area contributed by atoms with Crippen molar-refractivity contribution in [1.29, 1.82) is 0 Å². The maximum absolute atomic E-state index is 13.7. The van der Waals surface area contributed by atoms with Crippen LogP contribution >= 0.6 is 0 Å². The lowest BCUT2D eigenvalue weighted by atomic mass is 9.72. The zero-order valence-electron chi connectivity index (χ0n) is 18.7. The first-order chi connectivity index (χ1) is 16.4. The van der Waals surface area contributed by atoms with Crippen molar-refractivity contribution in [2.75, 3.05) is 24.3 Å². The Morgan fingerprint density at radius 3 is 2.79 bits per heavy atom. The molecule has 1 amide bonds. The molecule has 5 rings (SSSR count). The molecule has 0 atom stereocenters. The second-order valence-electron chi connectivity index (χ2n) is 9.20. The van der Waals surface area contributed by atoms with Crippen LogP contribution in [0.3, 0.4) is 0 Å². The van der Waals surface area contributed by atoms with Gasteiger partial charge in [-0.3, -0.25) is 10.00 Å². The van der Waals surface area contributed by atoms with Crippen LogP contribution in [-0.4, -0.2) is 44.6 Å². The fraction of sp³-hybridized carbons (Fsp3) is 0.478. The molecule has 11 heteroatoms. The Hall–Kier alpha value is -3.34. The topological polar surface area (TPSA) is 114 Å². The SMILES string of the molecule is COC(=O)Nc1nc(NCC2CC3(CC3)C2)c2c(cnn2Cc2ccc(CO)cc2C(F)F)n1. The number of amides is 1. The predicted octanol–water partition coefficient (Wildman–Crippen LogP) is 4.08. The van der Waals surface area contributed by atoms with Crippen molar-refractivity contribution in [3.05, 3.63) is 41.1 Å². The zero-order chi connectivity index (χ0) is 23.9. The van der Waals surface area contributed by atoms with E-state index in [1.54, 1.807) is 16.8 Å². The number of nitrogens with zero attached hydrogens (tertiary/aromatic N) is 4. The molecule has 2 heterocycles. The highest BCUT2D eigenvalue weighted by Gasteiger charge is 2.52. The summed E-state index contributed by atoms with van der Waals surface area (Å²) in [6.45, 7) is 0.471. The molecule has 3 N–H and O–H groups in total. The van der Waals surface area contributed by atoms with E-state index >= 15 is 0 Å². The van der Waals surface area contributed by atoms with Gasteiger partial charge in [-0.05, 0) is 54.2 Å². The van der Waals surface area contributed by atoms with E-state index in [0.717, 1.165) is 0 Å². The molecule has 3 aromatic rings. The van der Waals surface area contributed by atoms with E-state index in [1.165, 1.54) is 45.1 Å². The lowest BCUT2D eigenvalue weighted by molar-refractivity contribution is 0.149. The van der Waals surface area contributed by atoms with Gasteiger partial charge in [0.15, 0.2) is 5.82 Å². The summed E-state index contributed by atoms with van der Waals surface area (Å²) in [6, 6.07) is 4.50. The summed E-state index contributed by atoms with van der Waals surface area (Å²) in [4.78, 5) is 20.5. The van der Waals surface area contributed by atoms with Crippen LogP contribution in [0.5, 0.6) is 0 Å². The molecule has 2 aliphatic carbocycles. The maximum atomic E-state index is 13.7. The molecule has 0 saturated heterocycles. The first-order valence-corrected chi connectivity index (χ1v) is 11.2. The number of carbonyl (C=O) groups is 1. The number of anilines is 2. The van der Waals surface area contributed by atoms with Gasteiger partial charge >= 0.3 is 6.09 Å². The van der Waals surface area contributed by atoms with E-state index in [0.29, 0.717) is 45.9 Å². The van der Waals surface area contributed by atoms with Gasteiger partial charge in [-0.25, -0.2) is 18.6 Å². The second kappa shape index (κ2) is 8.79. The molecule has 9 nitrogen and oxygen atoms in total. The second-order valence-corrected chi connectivity index (χ2v) is 9.20. The van der Waals surface area contributed by atoms with Gasteiger partial charge in [0.2, 0.25) is 5.95 Å². The molecule has 0 bridgehead atoms. The highest BCUT2D eigenvalue weighted by molar-refractivity contribution is 5.89. The molecule has 1 spiro atoms. The smallest absolute Gasteiger partial charge is 0.413 e. The zero-order valence-corrected chi connectivity index (χ0v) is 18.7. The minimum Gasteiger partial charge on any atom is -0.453 e. The fourth-order valence-corrected chi connectivity index (χ4v) is 4.83. The van der Waals surface area contributed by atoms with Crippen LogP contribution < -0.4 is 10.6 Å². The van der Waals surface area contributed by atoms with Gasteiger partial charge in [0, 0.05) is 12.1 Å². The molecule has 2 saturated carbocycles. The van der Waals surface area contributed by atoms with Gasteiger partial charge in [-0.15, -0.1) is 0 Å². The van der Waals surface area contributed by atoms with Crippen LogP contribution in [0.2, 0.25) is 0 Å². The fourth-order valence-electron chi connectivity index (χ4n) is 4.83. The number of benzene rings is 1. The average Bonchev–Trinajstić information content (AvgIpc) is 3.51. The average molecular weight is 472 g/mol. The molecule has 0 aliphatic heterocycles. The lowest BCUT2D eigenvalue weighted by Crippen LogP contribution is -2.31. The molecular formula is C23H26F2N6O3. The Morgan fingerprint density at radius 1 is 1.32 bits per heavy atom. The number of carbonyl (C=O) groups excluding carboxylic acids is 1. The molecular weight excluding hydrogens is 446 g/mol. The van der Waals surface area contributed by atoms with Crippen molar-refractivity contribution in [2.45, 2.75) is 45.3 Å². The number of ether oxygens (including phenoxy) is 1. The third-order valence-electron chi connectivity index (χ3n) is 6.79. The van der Waals surface area contributed by atoms with Gasteiger partial charge in [-0.1, -0.05) is 12.1 Å². The van der Waals surface area contributed by atoms with E-state index in [1.807, 2.05) is 0 Å². The normalized spacial score (nSPS) is 16.6. The van der Waals surface area contributed by atoms with Gasteiger partial charge < -0.3 is 15.2 Å². The standard InChI is InChI=1S/C23H26F2N6O3/c1-34-22(33)30-21-28-17-10-27-31(11-15-3-2-13(12-32)6-16(15)19(24)25)18(17)20(29-21)26-9-14-7-23(8-14)4-5-23/h2-3,6,10,14,19,32H,4-5,7-9,11-12H2,1H3,(H2,26,28,29,30,33). The van der Waals surface area contributed by atoms with Gasteiger partial charge in [0.25, 0.3) is 6.43 Å². The predicted molar refractivity (Wildman–Crippen MR) is 121 cm³/mol. The van der Waals surface area contributed by atoms with E-state index in [-0.39, 0.29) is 24.7 Å². The molecule has 0 radical (unpaired) electrons. The minimum atomic E-state index is -2.69. The number of aliphatic hydroxyl groups excluding tert-OH is 1. The van der Waals surface area contributed by atoms with E-state index in [9.17, 15) is 18.7 Å². The van der Waals surface area contributed by atoms with Crippen LogP contribution in [0.1, 0.15) is 48.8 Å². The number of methoxy groups -OCH3 is 1. The molecule has 34 heavy (non-hydrogen) atoms. The Kier molecular flexibility index (Phi) is 5.80. The number of alkyl halides is 2. The summed E-state index contributed by atoms with van der Waals surface area (Å²) < 4.78 is 33.6. The summed E-state index contributed by atoms with van der Waals surface area (Å²) in [7, 11) is 1.25. The molecule has 2 aromatic heterocycles.